The predicted molar refractivity (Wildman–Crippen MR) is 67.0 cm³/mol. The molecule has 0 spiro atoms. The summed E-state index contributed by atoms with van der Waals surface area (Å²) >= 11 is 0. The van der Waals surface area contributed by atoms with Gasteiger partial charge < -0.3 is 5.11 Å². The summed E-state index contributed by atoms with van der Waals surface area (Å²) in [5, 5.41) is 8.84. The lowest BCUT2D eigenvalue weighted by Crippen LogP contribution is -1.88. The van der Waals surface area contributed by atoms with Gasteiger partial charge >= 0.3 is 0 Å². The van der Waals surface area contributed by atoms with Gasteiger partial charge in [0, 0.05) is 6.61 Å². The molecule has 88 valence electrons. The summed E-state index contributed by atoms with van der Waals surface area (Å²) in [6, 6.07) is 0. The zero-order chi connectivity index (χ0) is 11.5. The lowest BCUT2D eigenvalue weighted by atomic mass is 10.0. The van der Waals surface area contributed by atoms with E-state index in [1.54, 1.807) is 0 Å². The highest BCUT2D eigenvalue weighted by molar-refractivity contribution is 5.09. The van der Waals surface area contributed by atoms with Crippen LogP contribution in [0.2, 0.25) is 0 Å². The summed E-state index contributed by atoms with van der Waals surface area (Å²) in [5.41, 5.74) is 6.37. The first-order chi connectivity index (χ1) is 7.28. The molecule has 0 saturated heterocycles. The maximum Gasteiger partial charge on any atom is 0.0434 e. The van der Waals surface area contributed by atoms with Gasteiger partial charge in [-0.1, -0.05) is 27.2 Å². The Balaban J connectivity index is 4.49. The zero-order valence-electron chi connectivity index (χ0n) is 10.6. The van der Waals surface area contributed by atoms with Gasteiger partial charge in [-0.15, -0.1) is 5.73 Å². The number of aliphatic hydroxyl groups excluding tert-OH is 1. The molecule has 1 heteroatoms. The summed E-state index contributed by atoms with van der Waals surface area (Å²) < 4.78 is 0. The van der Waals surface area contributed by atoms with Crippen LogP contribution in [0, 0.1) is 0 Å². The Morgan fingerprint density at radius 1 is 0.933 bits per heavy atom. The second-order valence-electron chi connectivity index (χ2n) is 3.97. The number of hydrogen-bond acceptors (Lipinski definition) is 1. The largest absolute Gasteiger partial charge is 0.396 e. The Kier molecular flexibility index (Phi) is 9.67. The molecular weight excluding hydrogens is 184 g/mol. The maximum atomic E-state index is 8.84. The first-order valence-electron chi connectivity index (χ1n) is 6.35. The third kappa shape index (κ3) is 7.41. The first kappa shape index (κ1) is 14.5. The molecule has 0 fully saturated rings. The van der Waals surface area contributed by atoms with Crippen molar-refractivity contribution < 1.29 is 5.11 Å². The molecule has 0 bridgehead atoms. The van der Waals surface area contributed by atoms with Gasteiger partial charge in [0.1, 0.15) is 0 Å². The van der Waals surface area contributed by atoms with E-state index in [1.807, 2.05) is 0 Å². The van der Waals surface area contributed by atoms with Crippen LogP contribution in [0.1, 0.15) is 65.7 Å². The number of aliphatic hydroxyl groups is 1. The number of allylic oxidation sites excluding steroid dienone is 1. The van der Waals surface area contributed by atoms with Crippen LogP contribution in [0.3, 0.4) is 0 Å². The monoisotopic (exact) mass is 210 g/mol. The zero-order valence-corrected chi connectivity index (χ0v) is 10.6. The standard InChI is InChI=1S/C14H26O/c1-4-7-9-14(10-8-11-15)12-13(5-2)6-3/h15H,4-11H2,1-3H3. The van der Waals surface area contributed by atoms with Crippen LogP contribution >= 0.6 is 0 Å². The van der Waals surface area contributed by atoms with Crippen molar-refractivity contribution >= 4 is 0 Å². The molecule has 15 heavy (non-hydrogen) atoms. The van der Waals surface area contributed by atoms with Gasteiger partial charge in [-0.05, 0) is 49.7 Å². The van der Waals surface area contributed by atoms with E-state index in [0.29, 0.717) is 6.61 Å². The Morgan fingerprint density at radius 2 is 1.53 bits per heavy atom. The van der Waals surface area contributed by atoms with Gasteiger partial charge in [0.25, 0.3) is 0 Å². The topological polar surface area (TPSA) is 20.2 Å². The van der Waals surface area contributed by atoms with Crippen LogP contribution in [0.5, 0.6) is 0 Å². The molecule has 0 radical (unpaired) electrons. The lowest BCUT2D eigenvalue weighted by molar-refractivity contribution is 0.288. The molecule has 0 aromatic rings. The smallest absolute Gasteiger partial charge is 0.0434 e. The van der Waals surface area contributed by atoms with Crippen LogP contribution in [0.15, 0.2) is 16.9 Å². The molecule has 0 aliphatic heterocycles. The average Bonchev–Trinajstić information content (AvgIpc) is 2.28. The van der Waals surface area contributed by atoms with Crippen molar-refractivity contribution in [3.8, 4) is 0 Å². The van der Waals surface area contributed by atoms with Crippen LogP contribution < -0.4 is 0 Å². The van der Waals surface area contributed by atoms with Crippen LogP contribution in [-0.2, 0) is 0 Å². The first-order valence-corrected chi connectivity index (χ1v) is 6.35. The minimum atomic E-state index is 0.297. The molecule has 0 aromatic heterocycles. The molecule has 0 atom stereocenters. The Labute approximate surface area is 94.9 Å². The highest BCUT2D eigenvalue weighted by Gasteiger charge is 1.97. The molecule has 0 amide bonds. The molecule has 1 nitrogen and oxygen atoms in total. The Morgan fingerprint density at radius 3 is 2.00 bits per heavy atom. The van der Waals surface area contributed by atoms with Gasteiger partial charge in [-0.2, -0.15) is 0 Å². The van der Waals surface area contributed by atoms with Gasteiger partial charge in [0.2, 0.25) is 0 Å². The van der Waals surface area contributed by atoms with Gasteiger partial charge in [0.15, 0.2) is 0 Å². The van der Waals surface area contributed by atoms with Crippen molar-refractivity contribution in [3.63, 3.8) is 0 Å². The summed E-state index contributed by atoms with van der Waals surface area (Å²) in [7, 11) is 0. The lowest BCUT2D eigenvalue weighted by Gasteiger charge is -2.04. The van der Waals surface area contributed by atoms with E-state index in [0.717, 1.165) is 32.1 Å². The third-order valence-electron chi connectivity index (χ3n) is 2.68. The quantitative estimate of drug-likeness (QED) is 0.595. The summed E-state index contributed by atoms with van der Waals surface area (Å²) in [6.07, 6.45) is 7.73. The van der Waals surface area contributed by atoms with E-state index in [4.69, 9.17) is 5.11 Å². The summed E-state index contributed by atoms with van der Waals surface area (Å²) in [5.74, 6) is 0. The summed E-state index contributed by atoms with van der Waals surface area (Å²) in [6.45, 7) is 6.89. The van der Waals surface area contributed by atoms with Crippen molar-refractivity contribution in [3.05, 3.63) is 16.9 Å². The van der Waals surface area contributed by atoms with E-state index in [-0.39, 0.29) is 0 Å². The van der Waals surface area contributed by atoms with E-state index in [1.165, 1.54) is 24.0 Å². The minimum absolute atomic E-state index is 0.297. The summed E-state index contributed by atoms with van der Waals surface area (Å²) in [4.78, 5) is 0. The fourth-order valence-corrected chi connectivity index (χ4v) is 1.61. The fraction of sp³-hybridized carbons (Fsp3) is 0.786. The Bertz CT molecular complexity index is 193. The second kappa shape index (κ2) is 10.0. The molecule has 1 N–H and O–H groups in total. The van der Waals surface area contributed by atoms with Crippen molar-refractivity contribution in [1.82, 2.24) is 0 Å². The molecule has 0 saturated carbocycles. The minimum Gasteiger partial charge on any atom is -0.396 e. The van der Waals surface area contributed by atoms with Crippen molar-refractivity contribution in [2.24, 2.45) is 0 Å². The van der Waals surface area contributed by atoms with Gasteiger partial charge in [-0.3, -0.25) is 0 Å². The molecule has 0 unspecified atom stereocenters. The fourth-order valence-electron chi connectivity index (χ4n) is 1.61. The Hall–Kier alpha value is -0.520. The second-order valence-corrected chi connectivity index (χ2v) is 3.97. The highest BCUT2D eigenvalue weighted by atomic mass is 16.2. The van der Waals surface area contributed by atoms with Crippen molar-refractivity contribution in [2.45, 2.75) is 65.7 Å². The third-order valence-corrected chi connectivity index (χ3v) is 2.68. The highest BCUT2D eigenvalue weighted by Crippen LogP contribution is 2.15. The maximum absolute atomic E-state index is 8.84. The normalized spacial score (nSPS) is 9.87. The molecule has 0 aliphatic rings. The van der Waals surface area contributed by atoms with Crippen molar-refractivity contribution in [1.29, 1.82) is 0 Å². The SMILES string of the molecule is CCCCC(=C=C(CC)CC)CCCO. The average molecular weight is 210 g/mol. The number of unbranched alkanes of at least 4 members (excludes halogenated alkanes) is 1. The van der Waals surface area contributed by atoms with E-state index in [2.05, 4.69) is 26.5 Å². The van der Waals surface area contributed by atoms with Gasteiger partial charge in [0.05, 0.1) is 0 Å². The molecule has 0 aliphatic carbocycles. The van der Waals surface area contributed by atoms with Gasteiger partial charge in [-0.25, -0.2) is 0 Å². The van der Waals surface area contributed by atoms with E-state index >= 15 is 0 Å². The van der Waals surface area contributed by atoms with Crippen LogP contribution in [0.4, 0.5) is 0 Å². The molecule has 0 heterocycles. The van der Waals surface area contributed by atoms with E-state index in [9.17, 15) is 0 Å². The van der Waals surface area contributed by atoms with E-state index < -0.39 is 0 Å². The number of rotatable bonds is 8. The predicted octanol–water partition coefficient (Wildman–Crippen LogP) is 4.22. The van der Waals surface area contributed by atoms with Crippen LogP contribution in [-0.4, -0.2) is 11.7 Å². The number of hydrogen-bond donors (Lipinski definition) is 1. The van der Waals surface area contributed by atoms with Crippen molar-refractivity contribution in [2.75, 3.05) is 6.61 Å². The molecular formula is C14H26O. The van der Waals surface area contributed by atoms with Crippen LogP contribution in [0.25, 0.3) is 0 Å². The molecule has 0 aromatic carbocycles. The molecule has 0 rings (SSSR count).